The molecule has 108 valence electrons. The van der Waals surface area contributed by atoms with E-state index in [4.69, 9.17) is 9.72 Å². The van der Waals surface area contributed by atoms with Crippen molar-refractivity contribution in [2.24, 2.45) is 5.41 Å². The van der Waals surface area contributed by atoms with Crippen LogP contribution in [0.5, 0.6) is 0 Å². The highest BCUT2D eigenvalue weighted by Crippen LogP contribution is 2.31. The first kappa shape index (κ1) is 14.0. The standard InChI is InChI=1S/C16H22N2OS/c1-12(17-11-16(2)7-9-19-10-8-16)15-18-13-5-3-4-6-14(13)20-15/h3-6,12,17H,7-11H2,1-2H3. The molecule has 0 saturated carbocycles. The summed E-state index contributed by atoms with van der Waals surface area (Å²) in [5.74, 6) is 0. The molecule has 0 bridgehead atoms. The molecule has 1 unspecified atom stereocenters. The van der Waals surface area contributed by atoms with Gasteiger partial charge in [-0.25, -0.2) is 4.98 Å². The molecule has 3 rings (SSSR count). The predicted molar refractivity (Wildman–Crippen MR) is 84.2 cm³/mol. The summed E-state index contributed by atoms with van der Waals surface area (Å²) in [5.41, 5.74) is 1.47. The molecule has 1 aliphatic heterocycles. The fourth-order valence-electron chi connectivity index (χ4n) is 2.60. The number of fused-ring (bicyclic) bond motifs is 1. The Balaban J connectivity index is 1.65. The Morgan fingerprint density at radius 1 is 1.35 bits per heavy atom. The number of thiazole rings is 1. The van der Waals surface area contributed by atoms with Crippen LogP contribution in [-0.2, 0) is 4.74 Å². The molecule has 4 heteroatoms. The molecule has 0 aliphatic carbocycles. The summed E-state index contributed by atoms with van der Waals surface area (Å²) in [4.78, 5) is 4.73. The molecule has 1 saturated heterocycles. The lowest BCUT2D eigenvalue weighted by atomic mass is 9.82. The molecular weight excluding hydrogens is 268 g/mol. The van der Waals surface area contributed by atoms with Crippen LogP contribution in [0.1, 0.15) is 37.7 Å². The largest absolute Gasteiger partial charge is 0.381 e. The Labute approximate surface area is 124 Å². The molecule has 1 aromatic heterocycles. The van der Waals surface area contributed by atoms with Crippen molar-refractivity contribution in [3.8, 4) is 0 Å². The zero-order chi connectivity index (χ0) is 14.0. The number of hydrogen-bond acceptors (Lipinski definition) is 4. The van der Waals surface area contributed by atoms with Crippen LogP contribution in [0.4, 0.5) is 0 Å². The third-order valence-electron chi connectivity index (χ3n) is 4.22. The van der Waals surface area contributed by atoms with Gasteiger partial charge in [0.2, 0.25) is 0 Å². The second-order valence-corrected chi connectivity index (χ2v) is 7.11. The molecule has 1 N–H and O–H groups in total. The lowest BCUT2D eigenvalue weighted by Gasteiger charge is -2.34. The summed E-state index contributed by atoms with van der Waals surface area (Å²) in [7, 11) is 0. The lowest BCUT2D eigenvalue weighted by molar-refractivity contribution is 0.0231. The van der Waals surface area contributed by atoms with Gasteiger partial charge in [0.1, 0.15) is 5.01 Å². The summed E-state index contributed by atoms with van der Waals surface area (Å²) in [6.45, 7) is 7.39. The van der Waals surface area contributed by atoms with E-state index in [1.165, 1.54) is 9.71 Å². The van der Waals surface area contributed by atoms with E-state index in [1.807, 2.05) is 6.07 Å². The maximum Gasteiger partial charge on any atom is 0.111 e. The van der Waals surface area contributed by atoms with Crippen LogP contribution < -0.4 is 5.32 Å². The van der Waals surface area contributed by atoms with Crippen molar-refractivity contribution < 1.29 is 4.74 Å². The monoisotopic (exact) mass is 290 g/mol. The fourth-order valence-corrected chi connectivity index (χ4v) is 3.60. The number of nitrogens with zero attached hydrogens (tertiary/aromatic N) is 1. The molecule has 1 aliphatic rings. The van der Waals surface area contributed by atoms with Crippen LogP contribution in [0.15, 0.2) is 24.3 Å². The second kappa shape index (κ2) is 5.80. The summed E-state index contributed by atoms with van der Waals surface area (Å²) in [6.07, 6.45) is 2.29. The van der Waals surface area contributed by atoms with Crippen molar-refractivity contribution in [2.45, 2.75) is 32.7 Å². The first-order valence-electron chi connectivity index (χ1n) is 7.33. The second-order valence-electron chi connectivity index (χ2n) is 6.05. The van der Waals surface area contributed by atoms with Crippen molar-refractivity contribution in [3.05, 3.63) is 29.3 Å². The number of benzene rings is 1. The van der Waals surface area contributed by atoms with Gasteiger partial charge in [0.25, 0.3) is 0 Å². The van der Waals surface area contributed by atoms with Crippen molar-refractivity contribution in [1.82, 2.24) is 10.3 Å². The van der Waals surface area contributed by atoms with E-state index in [2.05, 4.69) is 37.4 Å². The molecule has 20 heavy (non-hydrogen) atoms. The molecule has 1 aromatic carbocycles. The van der Waals surface area contributed by atoms with Gasteiger partial charge in [-0.3, -0.25) is 0 Å². The Kier molecular flexibility index (Phi) is 4.06. The number of rotatable bonds is 4. The van der Waals surface area contributed by atoms with Gasteiger partial charge < -0.3 is 10.1 Å². The molecule has 2 aromatic rings. The Morgan fingerprint density at radius 3 is 2.85 bits per heavy atom. The van der Waals surface area contributed by atoms with E-state index >= 15 is 0 Å². The van der Waals surface area contributed by atoms with Crippen LogP contribution in [0.3, 0.4) is 0 Å². The first-order chi connectivity index (χ1) is 9.66. The highest BCUT2D eigenvalue weighted by Gasteiger charge is 2.27. The quantitative estimate of drug-likeness (QED) is 0.931. The van der Waals surface area contributed by atoms with E-state index in [0.717, 1.165) is 38.1 Å². The van der Waals surface area contributed by atoms with Gasteiger partial charge in [0.05, 0.1) is 16.3 Å². The van der Waals surface area contributed by atoms with Gasteiger partial charge in [0, 0.05) is 19.8 Å². The molecule has 0 spiro atoms. The summed E-state index contributed by atoms with van der Waals surface area (Å²) in [5, 5.41) is 4.84. The molecule has 2 heterocycles. The van der Waals surface area contributed by atoms with E-state index in [9.17, 15) is 0 Å². The number of hydrogen-bond donors (Lipinski definition) is 1. The molecule has 1 fully saturated rings. The smallest absolute Gasteiger partial charge is 0.111 e. The molecule has 0 radical (unpaired) electrons. The number of ether oxygens (including phenoxy) is 1. The number of nitrogens with one attached hydrogen (secondary N) is 1. The normalized spacial score (nSPS) is 20.1. The lowest BCUT2D eigenvalue weighted by Crippen LogP contribution is -2.37. The zero-order valence-electron chi connectivity index (χ0n) is 12.2. The fraction of sp³-hybridized carbons (Fsp3) is 0.562. The Hall–Kier alpha value is -0.970. The molecule has 0 amide bonds. The Bertz CT molecular complexity index is 542. The zero-order valence-corrected chi connectivity index (χ0v) is 13.0. The maximum absolute atomic E-state index is 5.46. The van der Waals surface area contributed by atoms with E-state index < -0.39 is 0 Å². The number of aromatic nitrogens is 1. The third-order valence-corrected chi connectivity index (χ3v) is 5.43. The minimum Gasteiger partial charge on any atom is -0.381 e. The van der Waals surface area contributed by atoms with Gasteiger partial charge >= 0.3 is 0 Å². The molecule has 1 atom stereocenters. The SMILES string of the molecule is CC(NCC1(C)CCOCC1)c1nc2ccccc2s1. The van der Waals surface area contributed by atoms with E-state index in [0.29, 0.717) is 11.5 Å². The average Bonchev–Trinajstić information content (AvgIpc) is 2.89. The predicted octanol–water partition coefficient (Wildman–Crippen LogP) is 3.76. The van der Waals surface area contributed by atoms with E-state index in [-0.39, 0.29) is 0 Å². The minimum atomic E-state index is 0.312. The number of para-hydroxylation sites is 1. The summed E-state index contributed by atoms with van der Waals surface area (Å²) >= 11 is 1.79. The van der Waals surface area contributed by atoms with Gasteiger partial charge in [-0.2, -0.15) is 0 Å². The molecule has 3 nitrogen and oxygen atoms in total. The Morgan fingerprint density at radius 2 is 2.10 bits per heavy atom. The first-order valence-corrected chi connectivity index (χ1v) is 8.15. The van der Waals surface area contributed by atoms with Crippen molar-refractivity contribution in [2.75, 3.05) is 19.8 Å². The third kappa shape index (κ3) is 3.03. The van der Waals surface area contributed by atoms with Crippen LogP contribution in [0.2, 0.25) is 0 Å². The minimum absolute atomic E-state index is 0.312. The van der Waals surface area contributed by atoms with Gasteiger partial charge in [-0.1, -0.05) is 19.1 Å². The summed E-state index contributed by atoms with van der Waals surface area (Å²) < 4.78 is 6.73. The molecular formula is C16H22N2OS. The van der Waals surface area contributed by atoms with Crippen molar-refractivity contribution >= 4 is 21.6 Å². The van der Waals surface area contributed by atoms with Crippen LogP contribution in [-0.4, -0.2) is 24.7 Å². The van der Waals surface area contributed by atoms with E-state index in [1.54, 1.807) is 11.3 Å². The van der Waals surface area contributed by atoms with Gasteiger partial charge in [-0.15, -0.1) is 11.3 Å². The van der Waals surface area contributed by atoms with Crippen LogP contribution in [0.25, 0.3) is 10.2 Å². The highest BCUT2D eigenvalue weighted by atomic mass is 32.1. The van der Waals surface area contributed by atoms with Crippen molar-refractivity contribution in [3.63, 3.8) is 0 Å². The van der Waals surface area contributed by atoms with Gasteiger partial charge in [-0.05, 0) is 37.3 Å². The topological polar surface area (TPSA) is 34.1 Å². The highest BCUT2D eigenvalue weighted by molar-refractivity contribution is 7.18. The summed E-state index contributed by atoms with van der Waals surface area (Å²) in [6, 6.07) is 8.66. The maximum atomic E-state index is 5.46. The van der Waals surface area contributed by atoms with Gasteiger partial charge in [0.15, 0.2) is 0 Å². The van der Waals surface area contributed by atoms with Crippen LogP contribution >= 0.6 is 11.3 Å². The van der Waals surface area contributed by atoms with Crippen LogP contribution in [0, 0.1) is 5.41 Å². The van der Waals surface area contributed by atoms with Crippen molar-refractivity contribution in [1.29, 1.82) is 0 Å². The average molecular weight is 290 g/mol.